The standard InChI is InChI=1S/C11H10ClNO/c12-7-3-4-8-9(5-7)10(6-1-2-6)13-11(8)14/h3-6,10H,1-2H2,(H,13,14)/t10-/m0/s1. The molecule has 1 aromatic carbocycles. The predicted octanol–water partition coefficient (Wildman–Crippen LogP) is 2.53. The molecular formula is C11H10ClNO. The van der Waals surface area contributed by atoms with E-state index in [4.69, 9.17) is 11.6 Å². The topological polar surface area (TPSA) is 29.1 Å². The fraction of sp³-hybridized carbons (Fsp3) is 0.364. The Hall–Kier alpha value is -1.02. The van der Waals surface area contributed by atoms with E-state index in [0.717, 1.165) is 11.1 Å². The van der Waals surface area contributed by atoms with E-state index in [2.05, 4.69) is 5.32 Å². The maximum atomic E-state index is 11.6. The summed E-state index contributed by atoms with van der Waals surface area (Å²) in [5.41, 5.74) is 1.89. The van der Waals surface area contributed by atoms with Gasteiger partial charge in [-0.15, -0.1) is 0 Å². The number of fused-ring (bicyclic) bond motifs is 1. The first kappa shape index (κ1) is 8.30. The molecule has 2 nitrogen and oxygen atoms in total. The second-order valence-corrected chi connectivity index (χ2v) is 4.46. The van der Waals surface area contributed by atoms with E-state index < -0.39 is 0 Å². The summed E-state index contributed by atoms with van der Waals surface area (Å²) in [6.07, 6.45) is 2.44. The van der Waals surface area contributed by atoms with Gasteiger partial charge in [0.05, 0.1) is 6.04 Å². The molecule has 1 amide bonds. The molecule has 0 spiro atoms. The molecule has 3 rings (SSSR count). The van der Waals surface area contributed by atoms with Crippen LogP contribution in [0.4, 0.5) is 0 Å². The molecule has 3 heteroatoms. The van der Waals surface area contributed by atoms with E-state index in [0.29, 0.717) is 10.9 Å². The highest BCUT2D eigenvalue weighted by Crippen LogP contribution is 2.44. The Labute approximate surface area is 87.3 Å². The van der Waals surface area contributed by atoms with Crippen molar-refractivity contribution in [3.63, 3.8) is 0 Å². The first-order chi connectivity index (χ1) is 6.75. The smallest absolute Gasteiger partial charge is 0.252 e. The molecule has 0 unspecified atom stereocenters. The van der Waals surface area contributed by atoms with Gasteiger partial charge in [0.1, 0.15) is 0 Å². The summed E-state index contributed by atoms with van der Waals surface area (Å²) < 4.78 is 0. The third-order valence-electron chi connectivity index (χ3n) is 2.97. The van der Waals surface area contributed by atoms with Gasteiger partial charge in [-0.05, 0) is 42.5 Å². The molecule has 0 bridgehead atoms. The number of carbonyl (C=O) groups is 1. The molecule has 2 aliphatic rings. The van der Waals surface area contributed by atoms with Crippen molar-refractivity contribution in [3.8, 4) is 0 Å². The Morgan fingerprint density at radius 2 is 2.14 bits per heavy atom. The van der Waals surface area contributed by atoms with Crippen LogP contribution in [0.1, 0.15) is 34.8 Å². The molecule has 1 aromatic rings. The molecule has 72 valence electrons. The van der Waals surface area contributed by atoms with Crippen molar-refractivity contribution < 1.29 is 4.79 Å². The van der Waals surface area contributed by atoms with Crippen LogP contribution in [0.25, 0.3) is 0 Å². The van der Waals surface area contributed by atoms with Crippen molar-refractivity contribution in [2.45, 2.75) is 18.9 Å². The summed E-state index contributed by atoms with van der Waals surface area (Å²) in [5.74, 6) is 0.687. The van der Waals surface area contributed by atoms with Crippen LogP contribution in [0.15, 0.2) is 18.2 Å². The maximum Gasteiger partial charge on any atom is 0.252 e. The van der Waals surface area contributed by atoms with Gasteiger partial charge in [0.15, 0.2) is 0 Å². The average molecular weight is 208 g/mol. The highest BCUT2D eigenvalue weighted by Gasteiger charge is 2.39. The quantitative estimate of drug-likeness (QED) is 0.754. The number of rotatable bonds is 1. The van der Waals surface area contributed by atoms with Crippen LogP contribution in [0.5, 0.6) is 0 Å². The first-order valence-electron chi connectivity index (χ1n) is 4.86. The van der Waals surface area contributed by atoms with E-state index in [1.54, 1.807) is 6.07 Å². The molecule has 1 aliphatic carbocycles. The van der Waals surface area contributed by atoms with Crippen LogP contribution < -0.4 is 5.32 Å². The van der Waals surface area contributed by atoms with Gasteiger partial charge in [-0.25, -0.2) is 0 Å². The van der Waals surface area contributed by atoms with Gasteiger partial charge in [-0.1, -0.05) is 11.6 Å². The molecule has 1 heterocycles. The number of nitrogens with one attached hydrogen (secondary N) is 1. The van der Waals surface area contributed by atoms with Crippen molar-refractivity contribution in [1.29, 1.82) is 0 Å². The fourth-order valence-corrected chi connectivity index (χ4v) is 2.28. The fourth-order valence-electron chi connectivity index (χ4n) is 2.10. The summed E-state index contributed by atoms with van der Waals surface area (Å²) in [5, 5.41) is 3.72. The Bertz CT molecular complexity index is 412. The molecule has 1 fully saturated rings. The van der Waals surface area contributed by atoms with Gasteiger partial charge in [0.25, 0.3) is 5.91 Å². The summed E-state index contributed by atoms with van der Waals surface area (Å²) in [6, 6.07) is 5.72. The number of halogens is 1. The van der Waals surface area contributed by atoms with Gasteiger partial charge in [0, 0.05) is 10.6 Å². The zero-order valence-corrected chi connectivity index (χ0v) is 8.34. The normalized spacial score (nSPS) is 24.6. The van der Waals surface area contributed by atoms with Crippen LogP contribution in [0.3, 0.4) is 0 Å². The van der Waals surface area contributed by atoms with E-state index >= 15 is 0 Å². The van der Waals surface area contributed by atoms with Crippen LogP contribution in [-0.4, -0.2) is 5.91 Å². The second kappa shape index (κ2) is 2.74. The van der Waals surface area contributed by atoms with Crippen LogP contribution in [0, 0.1) is 5.92 Å². The molecule has 0 saturated heterocycles. The lowest BCUT2D eigenvalue weighted by Crippen LogP contribution is -2.20. The number of hydrogen-bond donors (Lipinski definition) is 1. The lowest BCUT2D eigenvalue weighted by atomic mass is 10.0. The minimum absolute atomic E-state index is 0.0496. The van der Waals surface area contributed by atoms with Crippen molar-refractivity contribution in [3.05, 3.63) is 34.3 Å². The monoisotopic (exact) mass is 207 g/mol. The minimum atomic E-state index is 0.0496. The van der Waals surface area contributed by atoms with Crippen LogP contribution >= 0.6 is 11.6 Å². The first-order valence-corrected chi connectivity index (χ1v) is 5.24. The Morgan fingerprint density at radius 1 is 1.36 bits per heavy atom. The third-order valence-corrected chi connectivity index (χ3v) is 3.21. The summed E-state index contributed by atoms with van der Waals surface area (Å²) in [4.78, 5) is 11.6. The SMILES string of the molecule is O=C1N[C@@H](C2CC2)c2cc(Cl)ccc21. The number of amides is 1. The lowest BCUT2D eigenvalue weighted by molar-refractivity contribution is 0.0953. The van der Waals surface area contributed by atoms with Crippen molar-refractivity contribution >= 4 is 17.5 Å². The summed E-state index contributed by atoms with van der Waals surface area (Å²) in [7, 11) is 0. The summed E-state index contributed by atoms with van der Waals surface area (Å²) in [6.45, 7) is 0. The molecule has 1 saturated carbocycles. The molecule has 0 aromatic heterocycles. The van der Waals surface area contributed by atoms with Crippen LogP contribution in [0.2, 0.25) is 5.02 Å². The molecular weight excluding hydrogens is 198 g/mol. The number of benzene rings is 1. The second-order valence-electron chi connectivity index (χ2n) is 4.02. The van der Waals surface area contributed by atoms with Gasteiger partial charge < -0.3 is 5.32 Å². The van der Waals surface area contributed by atoms with E-state index in [1.165, 1.54) is 12.8 Å². The zero-order chi connectivity index (χ0) is 9.71. The predicted molar refractivity (Wildman–Crippen MR) is 54.4 cm³/mol. The third kappa shape index (κ3) is 1.14. The van der Waals surface area contributed by atoms with Crippen LogP contribution in [-0.2, 0) is 0 Å². The Morgan fingerprint density at radius 3 is 2.86 bits per heavy atom. The van der Waals surface area contributed by atoms with Crippen molar-refractivity contribution in [2.24, 2.45) is 5.92 Å². The van der Waals surface area contributed by atoms with Crippen molar-refractivity contribution in [1.82, 2.24) is 5.32 Å². The highest BCUT2D eigenvalue weighted by atomic mass is 35.5. The van der Waals surface area contributed by atoms with E-state index in [9.17, 15) is 4.79 Å². The van der Waals surface area contributed by atoms with E-state index in [1.807, 2.05) is 12.1 Å². The van der Waals surface area contributed by atoms with Gasteiger partial charge >= 0.3 is 0 Å². The lowest BCUT2D eigenvalue weighted by Gasteiger charge is -2.09. The molecule has 1 atom stereocenters. The maximum absolute atomic E-state index is 11.6. The van der Waals surface area contributed by atoms with E-state index in [-0.39, 0.29) is 11.9 Å². The molecule has 14 heavy (non-hydrogen) atoms. The molecule has 1 N–H and O–H groups in total. The highest BCUT2D eigenvalue weighted by molar-refractivity contribution is 6.30. The Balaban J connectivity index is 2.10. The van der Waals surface area contributed by atoms with Gasteiger partial charge in [-0.3, -0.25) is 4.79 Å². The number of hydrogen-bond acceptors (Lipinski definition) is 1. The van der Waals surface area contributed by atoms with Gasteiger partial charge in [-0.2, -0.15) is 0 Å². The largest absolute Gasteiger partial charge is 0.345 e. The van der Waals surface area contributed by atoms with Crippen molar-refractivity contribution in [2.75, 3.05) is 0 Å². The zero-order valence-electron chi connectivity index (χ0n) is 7.59. The number of carbonyl (C=O) groups excluding carboxylic acids is 1. The minimum Gasteiger partial charge on any atom is -0.345 e. The summed E-state index contributed by atoms with van der Waals surface area (Å²) >= 11 is 5.92. The Kier molecular flexibility index (Phi) is 1.62. The average Bonchev–Trinajstić information content (AvgIpc) is 2.93. The van der Waals surface area contributed by atoms with Gasteiger partial charge in [0.2, 0.25) is 0 Å². The molecule has 1 aliphatic heterocycles. The molecule has 0 radical (unpaired) electrons.